The Kier molecular flexibility index (Phi) is 5.43. The van der Waals surface area contributed by atoms with E-state index in [9.17, 15) is 4.79 Å². The number of anilines is 1. The van der Waals surface area contributed by atoms with Gasteiger partial charge in [0.05, 0.1) is 11.4 Å². The highest BCUT2D eigenvalue weighted by molar-refractivity contribution is 8.01. The van der Waals surface area contributed by atoms with Crippen LogP contribution in [0.2, 0.25) is 5.02 Å². The maximum absolute atomic E-state index is 12.3. The normalized spacial score (nSPS) is 10.9. The van der Waals surface area contributed by atoms with Crippen molar-refractivity contribution < 1.29 is 4.79 Å². The van der Waals surface area contributed by atoms with E-state index in [1.165, 1.54) is 23.1 Å². The molecular weight excluding hydrogens is 396 g/mol. The number of thiazole rings is 1. The van der Waals surface area contributed by atoms with Gasteiger partial charge < -0.3 is 5.32 Å². The number of hydrogen-bond donors (Lipinski definition) is 1. The molecule has 4 aromatic rings. The molecule has 4 rings (SSSR count). The summed E-state index contributed by atoms with van der Waals surface area (Å²) in [5.41, 5.74) is 2.72. The van der Waals surface area contributed by atoms with E-state index >= 15 is 0 Å². The zero-order valence-electron chi connectivity index (χ0n) is 14.2. The Hall–Kier alpha value is -2.34. The van der Waals surface area contributed by atoms with E-state index in [-0.39, 0.29) is 5.91 Å². The van der Waals surface area contributed by atoms with Crippen molar-refractivity contribution in [1.29, 1.82) is 0 Å². The summed E-state index contributed by atoms with van der Waals surface area (Å²) in [6, 6.07) is 21.6. The van der Waals surface area contributed by atoms with Crippen molar-refractivity contribution in [3.63, 3.8) is 0 Å². The molecule has 0 fully saturated rings. The van der Waals surface area contributed by atoms with Crippen LogP contribution in [0.25, 0.3) is 22.0 Å². The number of rotatable bonds is 5. The van der Waals surface area contributed by atoms with Gasteiger partial charge in [-0.1, -0.05) is 65.8 Å². The summed E-state index contributed by atoms with van der Waals surface area (Å²) in [5.74, 6) is 0.277. The number of thioether (sulfide) groups is 1. The quantitative estimate of drug-likeness (QED) is 0.390. The molecule has 1 N–H and O–H groups in total. The molecule has 0 radical (unpaired) electrons. The molecule has 3 aromatic carbocycles. The Morgan fingerprint density at radius 1 is 1.04 bits per heavy atom. The number of carbonyl (C=O) groups excluding carboxylic acids is 1. The molecule has 27 heavy (non-hydrogen) atoms. The van der Waals surface area contributed by atoms with Crippen LogP contribution in [0.1, 0.15) is 0 Å². The highest BCUT2D eigenvalue weighted by atomic mass is 35.5. The molecule has 1 heterocycles. The van der Waals surface area contributed by atoms with Crippen molar-refractivity contribution >= 4 is 57.1 Å². The molecule has 134 valence electrons. The number of nitrogens with zero attached hydrogens (tertiary/aromatic N) is 1. The molecular formula is C21H15ClN2OS2. The summed E-state index contributed by atoms with van der Waals surface area (Å²) in [5, 5.41) is 7.91. The minimum Gasteiger partial charge on any atom is -0.325 e. The van der Waals surface area contributed by atoms with Crippen molar-refractivity contribution in [2.75, 3.05) is 11.1 Å². The first-order valence-electron chi connectivity index (χ1n) is 8.30. The molecule has 0 bridgehead atoms. The third-order valence-electron chi connectivity index (χ3n) is 3.98. The molecule has 1 aromatic heterocycles. The Labute approximate surface area is 170 Å². The van der Waals surface area contributed by atoms with Gasteiger partial charge in [0.25, 0.3) is 0 Å². The standard InChI is InChI=1S/C21H15ClN2OS2/c22-17-8-5-15(6-9-17)19-12-26-21(24-19)27-13-20(25)23-18-10-7-14-3-1-2-4-16(14)11-18/h1-12H,13H2,(H,23,25). The van der Waals surface area contributed by atoms with E-state index in [4.69, 9.17) is 11.6 Å². The molecule has 0 saturated carbocycles. The van der Waals surface area contributed by atoms with Crippen molar-refractivity contribution in [1.82, 2.24) is 4.98 Å². The first-order valence-corrected chi connectivity index (χ1v) is 10.5. The molecule has 0 spiro atoms. The lowest BCUT2D eigenvalue weighted by Crippen LogP contribution is -2.13. The molecule has 0 atom stereocenters. The summed E-state index contributed by atoms with van der Waals surface area (Å²) in [6.45, 7) is 0. The van der Waals surface area contributed by atoms with Gasteiger partial charge >= 0.3 is 0 Å². The third-order valence-corrected chi connectivity index (χ3v) is 6.26. The van der Waals surface area contributed by atoms with Gasteiger partial charge in [0.1, 0.15) is 0 Å². The zero-order chi connectivity index (χ0) is 18.6. The Morgan fingerprint density at radius 3 is 2.63 bits per heavy atom. The van der Waals surface area contributed by atoms with Crippen LogP contribution in [0.4, 0.5) is 5.69 Å². The molecule has 3 nitrogen and oxygen atoms in total. The number of halogens is 1. The summed E-state index contributed by atoms with van der Waals surface area (Å²) in [6.07, 6.45) is 0. The van der Waals surface area contributed by atoms with Gasteiger partial charge in [-0.05, 0) is 35.0 Å². The summed E-state index contributed by atoms with van der Waals surface area (Å²) >= 11 is 8.90. The third kappa shape index (κ3) is 4.50. The van der Waals surface area contributed by atoms with E-state index in [2.05, 4.69) is 16.4 Å². The van der Waals surface area contributed by atoms with Gasteiger partial charge in [-0.2, -0.15) is 0 Å². The molecule has 0 aliphatic heterocycles. The zero-order valence-corrected chi connectivity index (χ0v) is 16.6. The smallest absolute Gasteiger partial charge is 0.234 e. The molecule has 0 aliphatic carbocycles. The number of fused-ring (bicyclic) bond motifs is 1. The summed E-state index contributed by atoms with van der Waals surface area (Å²) in [4.78, 5) is 16.9. The average molecular weight is 411 g/mol. The fourth-order valence-corrected chi connectivity index (χ4v) is 4.43. The van der Waals surface area contributed by atoms with Gasteiger partial charge in [0, 0.05) is 21.7 Å². The van der Waals surface area contributed by atoms with E-state index in [1.807, 2.05) is 66.0 Å². The Balaban J connectivity index is 1.37. The minimum absolute atomic E-state index is 0.0430. The fraction of sp³-hybridized carbons (Fsp3) is 0.0476. The van der Waals surface area contributed by atoms with Crippen LogP contribution in [-0.2, 0) is 4.79 Å². The topological polar surface area (TPSA) is 42.0 Å². The Morgan fingerprint density at radius 2 is 1.81 bits per heavy atom. The second kappa shape index (κ2) is 8.13. The first-order chi connectivity index (χ1) is 13.2. The van der Waals surface area contributed by atoms with Gasteiger partial charge in [-0.3, -0.25) is 4.79 Å². The van der Waals surface area contributed by atoms with E-state index in [0.29, 0.717) is 10.8 Å². The van der Waals surface area contributed by atoms with Crippen LogP contribution in [-0.4, -0.2) is 16.6 Å². The maximum Gasteiger partial charge on any atom is 0.234 e. The van der Waals surface area contributed by atoms with Crippen molar-refractivity contribution in [3.8, 4) is 11.3 Å². The predicted molar refractivity (Wildman–Crippen MR) is 116 cm³/mol. The van der Waals surface area contributed by atoms with Crippen molar-refractivity contribution in [3.05, 3.63) is 77.1 Å². The van der Waals surface area contributed by atoms with Gasteiger partial charge in [-0.25, -0.2) is 4.98 Å². The second-order valence-electron chi connectivity index (χ2n) is 5.90. The summed E-state index contributed by atoms with van der Waals surface area (Å²) in [7, 11) is 0. The highest BCUT2D eigenvalue weighted by Crippen LogP contribution is 2.29. The first kappa shape index (κ1) is 18.0. The largest absolute Gasteiger partial charge is 0.325 e. The van der Waals surface area contributed by atoms with Gasteiger partial charge in [0.15, 0.2) is 4.34 Å². The number of aromatic nitrogens is 1. The van der Waals surface area contributed by atoms with Crippen molar-refractivity contribution in [2.45, 2.75) is 4.34 Å². The lowest BCUT2D eigenvalue weighted by atomic mass is 10.1. The fourth-order valence-electron chi connectivity index (χ4n) is 2.67. The molecule has 1 amide bonds. The van der Waals surface area contributed by atoms with Gasteiger partial charge in [0.2, 0.25) is 5.91 Å². The SMILES string of the molecule is O=C(CSc1nc(-c2ccc(Cl)cc2)cs1)Nc1ccc2ccccc2c1. The lowest BCUT2D eigenvalue weighted by molar-refractivity contribution is -0.113. The Bertz CT molecular complexity index is 1090. The number of nitrogens with one attached hydrogen (secondary N) is 1. The predicted octanol–water partition coefficient (Wildman–Crippen LogP) is 6.35. The number of hydrogen-bond acceptors (Lipinski definition) is 4. The highest BCUT2D eigenvalue weighted by Gasteiger charge is 2.09. The minimum atomic E-state index is -0.0430. The van der Waals surface area contributed by atoms with Crippen LogP contribution in [0.5, 0.6) is 0 Å². The van der Waals surface area contributed by atoms with Crippen LogP contribution in [0.15, 0.2) is 76.4 Å². The van der Waals surface area contributed by atoms with E-state index < -0.39 is 0 Å². The van der Waals surface area contributed by atoms with E-state index in [0.717, 1.165) is 32.1 Å². The number of carbonyl (C=O) groups is 1. The number of benzene rings is 3. The molecule has 0 saturated heterocycles. The molecule has 0 unspecified atom stereocenters. The maximum atomic E-state index is 12.3. The summed E-state index contributed by atoms with van der Waals surface area (Å²) < 4.78 is 0.869. The number of amides is 1. The van der Waals surface area contributed by atoms with E-state index in [1.54, 1.807) is 0 Å². The monoisotopic (exact) mass is 410 g/mol. The second-order valence-corrected chi connectivity index (χ2v) is 8.42. The molecule has 6 heteroatoms. The molecule has 0 aliphatic rings. The van der Waals surface area contributed by atoms with Crippen LogP contribution < -0.4 is 5.32 Å². The van der Waals surface area contributed by atoms with Crippen LogP contribution >= 0.6 is 34.7 Å². The van der Waals surface area contributed by atoms with Crippen molar-refractivity contribution in [2.24, 2.45) is 0 Å². The average Bonchev–Trinajstić information content (AvgIpc) is 3.16. The van der Waals surface area contributed by atoms with Gasteiger partial charge in [-0.15, -0.1) is 11.3 Å². The van der Waals surface area contributed by atoms with Crippen LogP contribution in [0, 0.1) is 0 Å². The van der Waals surface area contributed by atoms with Crippen LogP contribution in [0.3, 0.4) is 0 Å². The lowest BCUT2D eigenvalue weighted by Gasteiger charge is -2.06.